The molecule has 1 aromatic rings. The van der Waals surface area contributed by atoms with E-state index in [-0.39, 0.29) is 24.9 Å². The Hall–Kier alpha value is -2.83. The van der Waals surface area contributed by atoms with Crippen LogP contribution in [0.3, 0.4) is 0 Å². The number of hydrogen-bond donors (Lipinski definition) is 2. The molecule has 0 aromatic heterocycles. The van der Waals surface area contributed by atoms with E-state index in [0.717, 1.165) is 10.7 Å². The number of piperidine rings is 1. The van der Waals surface area contributed by atoms with Crippen LogP contribution in [0, 0.1) is 11.8 Å². The number of carboxylic acid groups (broad SMARTS) is 1. The van der Waals surface area contributed by atoms with Gasteiger partial charge in [0.2, 0.25) is 0 Å². The van der Waals surface area contributed by atoms with Crippen LogP contribution in [0.4, 0.5) is 18.9 Å². The van der Waals surface area contributed by atoms with Crippen LogP contribution in [0.25, 0.3) is 0 Å². The van der Waals surface area contributed by atoms with E-state index in [1.165, 1.54) is 6.92 Å². The molecule has 1 aromatic carbocycles. The molecule has 0 bridgehead atoms. The maximum absolute atomic E-state index is 13.4. The Labute approximate surface area is 223 Å². The molecule has 0 aliphatic carbocycles. The number of aliphatic hydroxyl groups is 1. The highest BCUT2D eigenvalue weighted by atomic mass is 35.5. The van der Waals surface area contributed by atoms with Crippen molar-refractivity contribution in [3.63, 3.8) is 0 Å². The zero-order chi connectivity index (χ0) is 27.6. The number of alkyl halides is 3. The van der Waals surface area contributed by atoms with Crippen molar-refractivity contribution in [2.24, 2.45) is 21.9 Å². The van der Waals surface area contributed by atoms with Gasteiger partial charge in [0.05, 0.1) is 29.8 Å². The molecule has 0 saturated carbocycles. The van der Waals surface area contributed by atoms with Gasteiger partial charge in [0.1, 0.15) is 17.6 Å². The van der Waals surface area contributed by atoms with Crippen LogP contribution < -0.4 is 9.75 Å². The molecule has 3 aliphatic rings. The van der Waals surface area contributed by atoms with Crippen molar-refractivity contribution in [2.45, 2.75) is 50.7 Å². The third kappa shape index (κ3) is 6.08. The summed E-state index contributed by atoms with van der Waals surface area (Å²) in [5.41, 5.74) is 0.235. The fraction of sp³-hybridized carbons (Fsp3) is 0.560. The van der Waals surface area contributed by atoms with Gasteiger partial charge >= 0.3 is 12.1 Å². The van der Waals surface area contributed by atoms with Crippen LogP contribution in [0.15, 0.2) is 45.1 Å². The average molecular weight is 559 g/mol. The first-order chi connectivity index (χ1) is 18.0. The standard InChI is InChI=1S/C25H30ClF3N4O5/c1-14-19(10-23(35)36)33(31-24(14)25(27,28)29)16-3-5-17(6-4-16)38-21-7-8-32(12-15(21)13-34)20-9-22(37-2)30-11-18(20)26/h3-6,11,14-15,19,21-22,34H,7-10,12-13H2,1-2H3,(H,35,36)/t14-,15-,19-,21+,22?/m0/s1. The normalized spacial score (nSPS) is 28.1. The van der Waals surface area contributed by atoms with Crippen LogP contribution in [0.5, 0.6) is 5.75 Å². The van der Waals surface area contributed by atoms with E-state index in [9.17, 15) is 28.2 Å². The molecule has 3 heterocycles. The number of carbonyl (C=O) groups is 1. The van der Waals surface area contributed by atoms with E-state index < -0.39 is 36.2 Å². The fourth-order valence-electron chi connectivity index (χ4n) is 5.08. The lowest BCUT2D eigenvalue weighted by atomic mass is 9.94. The molecule has 13 heteroatoms. The second-order valence-electron chi connectivity index (χ2n) is 9.58. The molecule has 0 radical (unpaired) electrons. The van der Waals surface area contributed by atoms with Crippen LogP contribution in [0.2, 0.25) is 0 Å². The number of methoxy groups -OCH3 is 1. The summed E-state index contributed by atoms with van der Waals surface area (Å²) in [4.78, 5) is 17.6. The number of dihydropyridines is 1. The minimum atomic E-state index is -4.66. The Morgan fingerprint density at radius 2 is 1.97 bits per heavy atom. The quantitative estimate of drug-likeness (QED) is 0.499. The number of hydrazone groups is 1. The number of anilines is 1. The number of benzene rings is 1. The van der Waals surface area contributed by atoms with Crippen LogP contribution >= 0.6 is 11.6 Å². The van der Waals surface area contributed by atoms with Gasteiger partial charge in [-0.25, -0.2) is 0 Å². The number of likely N-dealkylation sites (tertiary alicyclic amines) is 1. The zero-order valence-electron chi connectivity index (χ0n) is 20.9. The number of carboxylic acids is 1. The molecule has 4 rings (SSSR count). The van der Waals surface area contributed by atoms with Gasteiger partial charge in [-0.05, 0) is 24.3 Å². The second kappa shape index (κ2) is 11.5. The van der Waals surface area contributed by atoms with E-state index in [1.54, 1.807) is 37.6 Å². The summed E-state index contributed by atoms with van der Waals surface area (Å²) in [5, 5.41) is 24.7. The molecular formula is C25H30ClF3N4O5. The van der Waals surface area contributed by atoms with E-state index in [2.05, 4.69) is 15.0 Å². The van der Waals surface area contributed by atoms with Crippen molar-refractivity contribution in [3.05, 3.63) is 35.0 Å². The highest BCUT2D eigenvalue weighted by molar-refractivity contribution is 6.39. The third-order valence-electron chi connectivity index (χ3n) is 7.15. The highest BCUT2D eigenvalue weighted by Gasteiger charge is 2.48. The van der Waals surface area contributed by atoms with Crippen LogP contribution in [-0.2, 0) is 9.53 Å². The number of aliphatic carboxylic acids is 1. The van der Waals surface area contributed by atoms with Crippen molar-refractivity contribution in [1.82, 2.24) is 4.90 Å². The van der Waals surface area contributed by atoms with E-state index in [4.69, 9.17) is 21.1 Å². The van der Waals surface area contributed by atoms with Gasteiger partial charge in [0.15, 0.2) is 6.23 Å². The topological polar surface area (TPSA) is 107 Å². The summed E-state index contributed by atoms with van der Waals surface area (Å²) >= 11 is 6.38. The predicted octanol–water partition coefficient (Wildman–Crippen LogP) is 3.86. The minimum Gasteiger partial charge on any atom is -0.490 e. The predicted molar refractivity (Wildman–Crippen MR) is 136 cm³/mol. The van der Waals surface area contributed by atoms with Crippen molar-refractivity contribution in [3.8, 4) is 5.75 Å². The van der Waals surface area contributed by atoms with Gasteiger partial charge in [-0.15, -0.1) is 0 Å². The fourth-order valence-corrected chi connectivity index (χ4v) is 5.34. The van der Waals surface area contributed by atoms with Crippen molar-refractivity contribution in [1.29, 1.82) is 0 Å². The summed E-state index contributed by atoms with van der Waals surface area (Å²) in [6, 6.07) is 5.36. The molecule has 9 nitrogen and oxygen atoms in total. The molecule has 208 valence electrons. The molecule has 1 fully saturated rings. The van der Waals surface area contributed by atoms with E-state index in [0.29, 0.717) is 42.4 Å². The molecule has 3 aliphatic heterocycles. The first kappa shape index (κ1) is 28.2. The van der Waals surface area contributed by atoms with Crippen molar-refractivity contribution in [2.75, 3.05) is 31.8 Å². The summed E-state index contributed by atoms with van der Waals surface area (Å²) in [5.74, 6) is -2.04. The van der Waals surface area contributed by atoms with Gasteiger partial charge in [-0.2, -0.15) is 18.3 Å². The number of nitrogens with zero attached hydrogens (tertiary/aromatic N) is 4. The minimum absolute atomic E-state index is 0.108. The van der Waals surface area contributed by atoms with E-state index in [1.807, 2.05) is 0 Å². The summed E-state index contributed by atoms with van der Waals surface area (Å²) in [6.45, 7) is 2.39. The van der Waals surface area contributed by atoms with Gasteiger partial charge in [-0.1, -0.05) is 18.5 Å². The molecule has 1 unspecified atom stereocenters. The van der Waals surface area contributed by atoms with Crippen LogP contribution in [-0.4, -0.2) is 84.4 Å². The Morgan fingerprint density at radius 3 is 2.58 bits per heavy atom. The Balaban J connectivity index is 1.45. The lowest BCUT2D eigenvalue weighted by molar-refractivity contribution is -0.137. The smallest absolute Gasteiger partial charge is 0.431 e. The number of rotatable bonds is 8. The number of aliphatic hydroxyl groups excluding tert-OH is 1. The van der Waals surface area contributed by atoms with Crippen LogP contribution in [0.1, 0.15) is 26.2 Å². The monoisotopic (exact) mass is 558 g/mol. The first-order valence-electron chi connectivity index (χ1n) is 12.3. The van der Waals surface area contributed by atoms with Crippen molar-refractivity contribution >= 4 is 35.2 Å². The molecule has 1 saturated heterocycles. The number of hydrogen-bond acceptors (Lipinski definition) is 8. The molecular weight excluding hydrogens is 529 g/mol. The van der Waals surface area contributed by atoms with Crippen molar-refractivity contribution < 1.29 is 37.7 Å². The van der Waals surface area contributed by atoms with Gasteiger partial charge < -0.3 is 24.6 Å². The summed E-state index contributed by atoms with van der Waals surface area (Å²) in [7, 11) is 1.58. The largest absolute Gasteiger partial charge is 0.490 e. The molecule has 2 N–H and O–H groups in total. The third-order valence-corrected chi connectivity index (χ3v) is 7.47. The Bertz CT molecular complexity index is 1110. The number of ether oxygens (including phenoxy) is 2. The summed E-state index contributed by atoms with van der Waals surface area (Å²) in [6.07, 6.45) is -3.02. The lowest BCUT2D eigenvalue weighted by Gasteiger charge is -2.41. The van der Waals surface area contributed by atoms with Gasteiger partial charge in [0.25, 0.3) is 0 Å². The highest BCUT2D eigenvalue weighted by Crippen LogP contribution is 2.37. The molecule has 5 atom stereocenters. The Morgan fingerprint density at radius 1 is 1.26 bits per heavy atom. The SMILES string of the molecule is COC1CC(N2CC[C@@H](Oc3ccc(N4N=C(C(F)(F)F)[C@@H](C)[C@@H]4CC(=O)O)cc3)[C@H](CO)C2)=C(Cl)C=N1. The van der Waals surface area contributed by atoms with Gasteiger partial charge in [-0.3, -0.25) is 14.8 Å². The molecule has 38 heavy (non-hydrogen) atoms. The lowest BCUT2D eigenvalue weighted by Crippen LogP contribution is -2.47. The summed E-state index contributed by atoms with van der Waals surface area (Å²) < 4.78 is 51.8. The average Bonchev–Trinajstić information content (AvgIpc) is 3.21. The Kier molecular flexibility index (Phi) is 8.53. The zero-order valence-corrected chi connectivity index (χ0v) is 21.7. The van der Waals surface area contributed by atoms with E-state index >= 15 is 0 Å². The first-order valence-corrected chi connectivity index (χ1v) is 12.6. The maximum Gasteiger partial charge on any atom is 0.431 e. The molecule has 0 spiro atoms. The second-order valence-corrected chi connectivity index (χ2v) is 9.98. The number of halogens is 4. The molecule has 0 amide bonds. The van der Waals surface area contributed by atoms with Gasteiger partial charge in [0, 0.05) is 56.8 Å². The number of allylic oxidation sites excluding steroid dienone is 1. The number of aliphatic imine (C=N–C) groups is 1. The maximum atomic E-state index is 13.4.